The van der Waals surface area contributed by atoms with Crippen molar-refractivity contribution >= 4 is 39.1 Å². The maximum Gasteiger partial charge on any atom is 0.253 e. The minimum Gasteiger partial charge on any atom is -0.348 e. The third-order valence-corrected chi connectivity index (χ3v) is 6.73. The molecular weight excluding hydrogens is 407 g/mol. The van der Waals surface area contributed by atoms with Gasteiger partial charge in [0.2, 0.25) is 15.9 Å². The molecule has 2 amide bonds. The van der Waals surface area contributed by atoms with Crippen LogP contribution in [-0.2, 0) is 21.4 Å². The van der Waals surface area contributed by atoms with Crippen molar-refractivity contribution in [2.45, 2.75) is 20.4 Å². The summed E-state index contributed by atoms with van der Waals surface area (Å²) in [6.07, 6.45) is 0. The number of sulfonamides is 1. The van der Waals surface area contributed by atoms with Crippen LogP contribution in [-0.4, -0.2) is 26.0 Å². The lowest BCUT2D eigenvalue weighted by Crippen LogP contribution is -2.33. The molecule has 1 saturated heterocycles. The third kappa shape index (κ3) is 3.88. The Kier molecular flexibility index (Phi) is 5.20. The Hall–Kier alpha value is -2.45. The Bertz CT molecular complexity index is 1050. The molecule has 6 nitrogen and oxygen atoms in total. The summed E-state index contributed by atoms with van der Waals surface area (Å²) in [6.45, 7) is 3.24. The van der Waals surface area contributed by atoms with Crippen LogP contribution in [0.25, 0.3) is 0 Å². The fraction of sp³-hybridized carbons (Fsp3) is 0.263. The first kappa shape index (κ1) is 20.3. The summed E-state index contributed by atoms with van der Waals surface area (Å²) in [5.41, 5.74) is -0.273. The predicted octanol–water partition coefficient (Wildman–Crippen LogP) is 3.11. The van der Waals surface area contributed by atoms with Crippen molar-refractivity contribution in [1.82, 2.24) is 5.32 Å². The summed E-state index contributed by atoms with van der Waals surface area (Å²) >= 11 is 6.10. The lowest BCUT2D eigenvalue weighted by atomic mass is 9.95. The molecule has 1 aliphatic heterocycles. The number of carbonyl (C=O) groups is 2. The van der Waals surface area contributed by atoms with Gasteiger partial charge in [0.1, 0.15) is 5.82 Å². The monoisotopic (exact) mass is 424 g/mol. The summed E-state index contributed by atoms with van der Waals surface area (Å²) < 4.78 is 38.5. The van der Waals surface area contributed by atoms with Gasteiger partial charge in [-0.2, -0.15) is 0 Å². The highest BCUT2D eigenvalue weighted by Crippen LogP contribution is 2.36. The third-order valence-electron chi connectivity index (χ3n) is 4.38. The Morgan fingerprint density at radius 1 is 1.21 bits per heavy atom. The van der Waals surface area contributed by atoms with E-state index in [2.05, 4.69) is 5.32 Å². The van der Waals surface area contributed by atoms with Gasteiger partial charge in [-0.3, -0.25) is 9.59 Å². The number of nitrogens with one attached hydrogen (secondary N) is 1. The van der Waals surface area contributed by atoms with Crippen LogP contribution in [0, 0.1) is 11.2 Å². The molecule has 0 bridgehead atoms. The number of nitrogens with zero attached hydrogens (tertiary/aromatic N) is 1. The number of rotatable bonds is 4. The smallest absolute Gasteiger partial charge is 0.253 e. The minimum atomic E-state index is -3.84. The second-order valence-electron chi connectivity index (χ2n) is 7.18. The second-order valence-corrected chi connectivity index (χ2v) is 9.41. The highest BCUT2D eigenvalue weighted by Gasteiger charge is 2.50. The van der Waals surface area contributed by atoms with Gasteiger partial charge >= 0.3 is 0 Å². The van der Waals surface area contributed by atoms with E-state index in [4.69, 9.17) is 11.6 Å². The number of anilines is 1. The first-order valence-corrected chi connectivity index (χ1v) is 10.4. The molecule has 0 unspecified atom stereocenters. The van der Waals surface area contributed by atoms with Crippen molar-refractivity contribution in [2.24, 2.45) is 5.41 Å². The lowest BCUT2D eigenvalue weighted by molar-refractivity contribution is -0.123. The normalized spacial score (nSPS) is 17.6. The average molecular weight is 425 g/mol. The van der Waals surface area contributed by atoms with Gasteiger partial charge in [-0.05, 0) is 49.7 Å². The molecule has 1 N–H and O–H groups in total. The first-order valence-electron chi connectivity index (χ1n) is 8.41. The molecule has 0 aliphatic carbocycles. The van der Waals surface area contributed by atoms with Crippen molar-refractivity contribution in [3.8, 4) is 0 Å². The zero-order valence-electron chi connectivity index (χ0n) is 15.2. The van der Waals surface area contributed by atoms with Crippen LogP contribution in [0.4, 0.5) is 10.1 Å². The van der Waals surface area contributed by atoms with E-state index < -0.39 is 27.3 Å². The molecule has 9 heteroatoms. The van der Waals surface area contributed by atoms with Crippen molar-refractivity contribution in [1.29, 1.82) is 0 Å². The van der Waals surface area contributed by atoms with E-state index in [9.17, 15) is 22.4 Å². The molecule has 0 atom stereocenters. The Morgan fingerprint density at radius 2 is 1.86 bits per heavy atom. The van der Waals surface area contributed by atoms with Crippen LogP contribution >= 0.6 is 11.6 Å². The van der Waals surface area contributed by atoms with Gasteiger partial charge in [-0.25, -0.2) is 17.1 Å². The van der Waals surface area contributed by atoms with E-state index in [0.29, 0.717) is 5.56 Å². The molecule has 0 spiro atoms. The molecule has 0 radical (unpaired) electrons. The molecule has 2 aromatic rings. The molecule has 0 aromatic heterocycles. The van der Waals surface area contributed by atoms with Crippen LogP contribution in [0.5, 0.6) is 0 Å². The summed E-state index contributed by atoms with van der Waals surface area (Å²) in [4.78, 5) is 25.1. The molecule has 0 saturated carbocycles. The maximum atomic E-state index is 13.0. The van der Waals surface area contributed by atoms with E-state index in [1.165, 1.54) is 42.5 Å². The number of hydrogen-bond donors (Lipinski definition) is 1. The van der Waals surface area contributed by atoms with E-state index in [0.717, 1.165) is 4.31 Å². The molecule has 1 fully saturated rings. The van der Waals surface area contributed by atoms with Gasteiger partial charge in [0.25, 0.3) is 5.91 Å². The topological polar surface area (TPSA) is 83.6 Å². The number of hydrogen-bond acceptors (Lipinski definition) is 4. The molecule has 1 aliphatic rings. The van der Waals surface area contributed by atoms with Crippen molar-refractivity contribution in [2.75, 3.05) is 10.1 Å². The fourth-order valence-electron chi connectivity index (χ4n) is 2.95. The van der Waals surface area contributed by atoms with E-state index >= 15 is 0 Å². The average Bonchev–Trinajstić information content (AvgIpc) is 2.78. The fourth-order valence-corrected chi connectivity index (χ4v) is 5.26. The lowest BCUT2D eigenvalue weighted by Gasteiger charge is -2.18. The number of carbonyl (C=O) groups excluding carboxylic acids is 2. The van der Waals surface area contributed by atoms with E-state index in [-0.39, 0.29) is 34.4 Å². The predicted molar refractivity (Wildman–Crippen MR) is 104 cm³/mol. The molecule has 3 rings (SSSR count). The highest BCUT2D eigenvalue weighted by molar-refractivity contribution is 7.94. The van der Waals surface area contributed by atoms with E-state index in [1.54, 1.807) is 13.8 Å². The zero-order valence-corrected chi connectivity index (χ0v) is 16.8. The Balaban J connectivity index is 1.86. The number of amides is 2. The van der Waals surface area contributed by atoms with Crippen LogP contribution in [0.15, 0.2) is 42.5 Å². The number of benzene rings is 2. The first-order chi connectivity index (χ1) is 13.0. The molecule has 28 heavy (non-hydrogen) atoms. The van der Waals surface area contributed by atoms with Gasteiger partial charge in [-0.15, -0.1) is 0 Å². The van der Waals surface area contributed by atoms with Gasteiger partial charge in [-0.1, -0.05) is 23.7 Å². The van der Waals surface area contributed by atoms with Gasteiger partial charge in [0.15, 0.2) is 0 Å². The van der Waals surface area contributed by atoms with Crippen molar-refractivity contribution < 1.29 is 22.4 Å². The maximum absolute atomic E-state index is 13.0. The van der Waals surface area contributed by atoms with Gasteiger partial charge < -0.3 is 5.32 Å². The summed E-state index contributed by atoms with van der Waals surface area (Å²) in [6, 6.07) is 9.66. The van der Waals surface area contributed by atoms with Crippen molar-refractivity contribution in [3.05, 3.63) is 64.4 Å². The summed E-state index contributed by atoms with van der Waals surface area (Å²) in [5, 5.41) is 2.76. The second kappa shape index (κ2) is 7.18. The summed E-state index contributed by atoms with van der Waals surface area (Å²) in [5.74, 6) is -1.80. The summed E-state index contributed by atoms with van der Waals surface area (Å²) in [7, 11) is -3.84. The zero-order chi connectivity index (χ0) is 20.7. The molecule has 1 heterocycles. The highest BCUT2D eigenvalue weighted by atomic mass is 35.5. The van der Waals surface area contributed by atoms with Crippen molar-refractivity contribution in [3.63, 3.8) is 0 Å². The standard InChI is InChI=1S/C19H18ClFN2O4S/c1-19(2)11-28(26,27)23(18(19)25)14-7-8-16(20)15(9-14)17(24)22-10-12-3-5-13(21)6-4-12/h3-9H,10-11H2,1-2H3,(H,22,24). The van der Waals surface area contributed by atoms with Crippen LogP contribution in [0.3, 0.4) is 0 Å². The molecule has 148 valence electrons. The van der Waals surface area contributed by atoms with Crippen LogP contribution in [0.1, 0.15) is 29.8 Å². The largest absolute Gasteiger partial charge is 0.348 e. The quantitative estimate of drug-likeness (QED) is 0.817. The number of halogens is 2. The minimum absolute atomic E-state index is 0.0361. The SMILES string of the molecule is CC1(C)CS(=O)(=O)N(c2ccc(Cl)c(C(=O)NCc3ccc(F)cc3)c2)C1=O. The van der Waals surface area contributed by atoms with Gasteiger partial charge in [0.05, 0.1) is 27.4 Å². The van der Waals surface area contributed by atoms with Gasteiger partial charge in [0, 0.05) is 6.54 Å². The molecule has 2 aromatic carbocycles. The van der Waals surface area contributed by atoms with E-state index in [1.807, 2.05) is 0 Å². The van der Waals surface area contributed by atoms with Crippen LogP contribution < -0.4 is 9.62 Å². The Labute approximate surface area is 167 Å². The van der Waals surface area contributed by atoms with Crippen LogP contribution in [0.2, 0.25) is 5.02 Å². The Morgan fingerprint density at radius 3 is 2.43 bits per heavy atom. The molecular formula is C19H18ClFN2O4S.